The van der Waals surface area contributed by atoms with E-state index in [0.29, 0.717) is 5.56 Å². The summed E-state index contributed by atoms with van der Waals surface area (Å²) in [7, 11) is 1.52. The number of benzene rings is 1. The molecule has 2 aliphatic rings. The van der Waals surface area contributed by atoms with Gasteiger partial charge >= 0.3 is 6.01 Å². The Labute approximate surface area is 172 Å². The molecular formula is C23H30N4O2. The summed E-state index contributed by atoms with van der Waals surface area (Å²) in [5.74, 6) is 0.0331. The summed E-state index contributed by atoms with van der Waals surface area (Å²) in [5, 5.41) is 0. The van der Waals surface area contributed by atoms with Crippen LogP contribution in [0.25, 0.3) is 0 Å². The van der Waals surface area contributed by atoms with Gasteiger partial charge in [0.1, 0.15) is 0 Å². The van der Waals surface area contributed by atoms with Crippen molar-refractivity contribution in [3.63, 3.8) is 0 Å². The average molecular weight is 395 g/mol. The van der Waals surface area contributed by atoms with E-state index in [1.165, 1.54) is 38.5 Å². The minimum Gasteiger partial charge on any atom is -0.467 e. The first-order valence-corrected chi connectivity index (χ1v) is 10.6. The first-order valence-electron chi connectivity index (χ1n) is 10.6. The van der Waals surface area contributed by atoms with E-state index < -0.39 is 0 Å². The van der Waals surface area contributed by atoms with Gasteiger partial charge in [-0.15, -0.1) is 0 Å². The standard InChI is InChI=1S/C23H30N4O2/c1-29-22-24-15-20(16-25-22)21(28)27-14-11-23(18-27)10-6-13-26(17-23)12-5-9-19-7-3-2-4-8-19/h2-4,7-8,15-16H,5-6,9-14,17-18H2,1H3/t23-/m1/s1. The molecule has 0 N–H and O–H groups in total. The Morgan fingerprint density at radius 1 is 1.10 bits per heavy atom. The Balaban J connectivity index is 1.30. The number of aromatic nitrogens is 2. The summed E-state index contributed by atoms with van der Waals surface area (Å²) < 4.78 is 4.98. The van der Waals surface area contributed by atoms with Gasteiger partial charge in [0.15, 0.2) is 0 Å². The first-order chi connectivity index (χ1) is 14.2. The zero-order valence-corrected chi connectivity index (χ0v) is 17.2. The van der Waals surface area contributed by atoms with Crippen LogP contribution in [-0.4, -0.2) is 65.5 Å². The Morgan fingerprint density at radius 2 is 1.90 bits per heavy atom. The number of carbonyl (C=O) groups excluding carboxylic acids is 1. The number of hydrogen-bond acceptors (Lipinski definition) is 5. The van der Waals surface area contributed by atoms with Crippen LogP contribution in [0.5, 0.6) is 6.01 Å². The summed E-state index contributed by atoms with van der Waals surface area (Å²) in [6, 6.07) is 11.0. The van der Waals surface area contributed by atoms with Crippen LogP contribution in [0, 0.1) is 5.41 Å². The van der Waals surface area contributed by atoms with Gasteiger partial charge in [-0.05, 0) is 50.8 Å². The molecule has 1 aromatic carbocycles. The third kappa shape index (κ3) is 4.75. The Bertz CT molecular complexity index is 811. The second-order valence-electron chi connectivity index (χ2n) is 8.40. The predicted octanol–water partition coefficient (Wildman–Crippen LogP) is 3.05. The SMILES string of the molecule is COc1ncc(C(=O)N2CC[C@@]3(CCCN(CCCc4ccccc4)C3)C2)cn1. The topological polar surface area (TPSA) is 58.6 Å². The van der Waals surface area contributed by atoms with Crippen molar-refractivity contribution in [3.05, 3.63) is 53.9 Å². The molecule has 1 atom stereocenters. The maximum atomic E-state index is 12.9. The molecule has 29 heavy (non-hydrogen) atoms. The zero-order chi connectivity index (χ0) is 20.1. The van der Waals surface area contributed by atoms with Crippen LogP contribution < -0.4 is 4.74 Å². The summed E-state index contributed by atoms with van der Waals surface area (Å²) in [5.41, 5.74) is 2.20. The third-order valence-electron chi connectivity index (χ3n) is 6.31. The number of aryl methyl sites for hydroxylation is 1. The molecule has 4 rings (SSSR count). The number of hydrogen-bond donors (Lipinski definition) is 0. The lowest BCUT2D eigenvalue weighted by atomic mass is 9.79. The number of likely N-dealkylation sites (tertiary alicyclic amines) is 2. The fourth-order valence-corrected chi connectivity index (χ4v) is 4.81. The van der Waals surface area contributed by atoms with Gasteiger partial charge in [-0.25, -0.2) is 9.97 Å². The molecule has 0 saturated carbocycles. The molecule has 1 aromatic heterocycles. The zero-order valence-electron chi connectivity index (χ0n) is 17.2. The minimum atomic E-state index is 0.0331. The van der Waals surface area contributed by atoms with Gasteiger partial charge in [-0.1, -0.05) is 30.3 Å². The number of amides is 1. The van der Waals surface area contributed by atoms with Crippen LogP contribution in [0.3, 0.4) is 0 Å². The van der Waals surface area contributed by atoms with Gasteiger partial charge < -0.3 is 14.5 Å². The van der Waals surface area contributed by atoms with Crippen LogP contribution in [0.4, 0.5) is 0 Å². The maximum absolute atomic E-state index is 12.9. The lowest BCUT2D eigenvalue weighted by Gasteiger charge is -2.40. The largest absolute Gasteiger partial charge is 0.467 e. The van der Waals surface area contributed by atoms with Crippen molar-refractivity contribution >= 4 is 5.91 Å². The monoisotopic (exact) mass is 394 g/mol. The van der Waals surface area contributed by atoms with Gasteiger partial charge in [-0.2, -0.15) is 0 Å². The maximum Gasteiger partial charge on any atom is 0.316 e. The number of ether oxygens (including phenoxy) is 1. The Kier molecular flexibility index (Phi) is 6.09. The normalized spacial score (nSPS) is 22.2. The summed E-state index contributed by atoms with van der Waals surface area (Å²) in [6.07, 6.45) is 8.97. The van der Waals surface area contributed by atoms with E-state index in [0.717, 1.165) is 39.0 Å². The van der Waals surface area contributed by atoms with Crippen LogP contribution in [-0.2, 0) is 6.42 Å². The van der Waals surface area contributed by atoms with E-state index in [9.17, 15) is 4.79 Å². The van der Waals surface area contributed by atoms with Crippen molar-refractivity contribution in [1.82, 2.24) is 19.8 Å². The average Bonchev–Trinajstić information content (AvgIpc) is 3.17. The molecule has 0 aliphatic carbocycles. The van der Waals surface area contributed by atoms with Gasteiger partial charge in [-0.3, -0.25) is 4.79 Å². The van der Waals surface area contributed by atoms with Gasteiger partial charge in [0.2, 0.25) is 0 Å². The van der Waals surface area contributed by atoms with E-state index in [1.54, 1.807) is 12.4 Å². The van der Waals surface area contributed by atoms with Crippen molar-refractivity contribution in [1.29, 1.82) is 0 Å². The second kappa shape index (κ2) is 8.91. The van der Waals surface area contributed by atoms with E-state index in [1.807, 2.05) is 4.90 Å². The second-order valence-corrected chi connectivity index (χ2v) is 8.40. The van der Waals surface area contributed by atoms with E-state index in [-0.39, 0.29) is 17.3 Å². The highest BCUT2D eigenvalue weighted by Gasteiger charge is 2.42. The fourth-order valence-electron chi connectivity index (χ4n) is 4.81. The summed E-state index contributed by atoms with van der Waals surface area (Å²) in [6.45, 7) is 5.08. The van der Waals surface area contributed by atoms with Crippen LogP contribution >= 0.6 is 0 Å². The molecule has 0 radical (unpaired) electrons. The number of rotatable bonds is 6. The van der Waals surface area contributed by atoms with Crippen molar-refractivity contribution in [3.8, 4) is 6.01 Å². The van der Waals surface area contributed by atoms with Crippen molar-refractivity contribution in [2.24, 2.45) is 5.41 Å². The van der Waals surface area contributed by atoms with E-state index in [4.69, 9.17) is 4.74 Å². The van der Waals surface area contributed by atoms with Crippen LogP contribution in [0.15, 0.2) is 42.7 Å². The molecule has 154 valence electrons. The first kappa shape index (κ1) is 19.8. The van der Waals surface area contributed by atoms with Crippen molar-refractivity contribution in [2.75, 3.05) is 39.8 Å². The van der Waals surface area contributed by atoms with Crippen LogP contribution in [0.2, 0.25) is 0 Å². The number of piperidine rings is 1. The highest BCUT2D eigenvalue weighted by Crippen LogP contribution is 2.39. The van der Waals surface area contributed by atoms with Crippen molar-refractivity contribution < 1.29 is 9.53 Å². The molecule has 2 saturated heterocycles. The molecule has 0 bridgehead atoms. The Morgan fingerprint density at radius 3 is 2.66 bits per heavy atom. The quantitative estimate of drug-likeness (QED) is 0.754. The number of nitrogens with zero attached hydrogens (tertiary/aromatic N) is 4. The smallest absolute Gasteiger partial charge is 0.316 e. The molecule has 3 heterocycles. The van der Waals surface area contributed by atoms with Crippen molar-refractivity contribution in [2.45, 2.75) is 32.1 Å². The highest BCUT2D eigenvalue weighted by molar-refractivity contribution is 5.93. The minimum absolute atomic E-state index is 0.0331. The van der Waals surface area contributed by atoms with E-state index in [2.05, 4.69) is 45.2 Å². The molecule has 6 nitrogen and oxygen atoms in total. The molecule has 2 aromatic rings. The third-order valence-corrected chi connectivity index (χ3v) is 6.31. The Hall–Kier alpha value is -2.47. The van der Waals surface area contributed by atoms with Crippen LogP contribution in [0.1, 0.15) is 41.6 Å². The lowest BCUT2D eigenvalue weighted by molar-refractivity contribution is 0.0687. The molecule has 2 fully saturated rings. The highest BCUT2D eigenvalue weighted by atomic mass is 16.5. The number of methoxy groups -OCH3 is 1. The van der Waals surface area contributed by atoms with Gasteiger partial charge in [0.25, 0.3) is 5.91 Å². The predicted molar refractivity (Wildman–Crippen MR) is 112 cm³/mol. The molecule has 1 spiro atoms. The summed E-state index contributed by atoms with van der Waals surface area (Å²) in [4.78, 5) is 25.6. The number of carbonyl (C=O) groups is 1. The summed E-state index contributed by atoms with van der Waals surface area (Å²) >= 11 is 0. The molecular weight excluding hydrogens is 364 g/mol. The lowest BCUT2D eigenvalue weighted by Crippen LogP contribution is -2.45. The molecule has 0 unspecified atom stereocenters. The van der Waals surface area contributed by atoms with Gasteiger partial charge in [0.05, 0.1) is 12.7 Å². The van der Waals surface area contributed by atoms with E-state index >= 15 is 0 Å². The fraction of sp³-hybridized carbons (Fsp3) is 0.522. The van der Waals surface area contributed by atoms with Gasteiger partial charge in [0, 0.05) is 37.4 Å². The molecule has 2 aliphatic heterocycles. The molecule has 1 amide bonds. The molecule has 6 heteroatoms.